The average molecular weight is 379 g/mol. The standard InChI is InChI=1S/C17H21N3O5S/c1-12(11-21)8-14-9-16(3-2-13(14)10-18)26(24,25)20-6-4-15(5-7-20)19-17(22)23/h2-3,8-9,15,19,21H,4-7,11H2,1H3,(H,22,23)/b12-8+. The van der Waals surface area contributed by atoms with Gasteiger partial charge in [-0.15, -0.1) is 0 Å². The van der Waals surface area contributed by atoms with Crippen LogP contribution in [0.5, 0.6) is 0 Å². The summed E-state index contributed by atoms with van der Waals surface area (Å²) >= 11 is 0. The van der Waals surface area contributed by atoms with Crippen molar-refractivity contribution < 1.29 is 23.4 Å². The highest BCUT2D eigenvalue weighted by atomic mass is 32.2. The maximum absolute atomic E-state index is 12.9. The first-order valence-electron chi connectivity index (χ1n) is 8.09. The van der Waals surface area contributed by atoms with E-state index in [1.54, 1.807) is 13.0 Å². The van der Waals surface area contributed by atoms with Crippen molar-refractivity contribution in [1.29, 1.82) is 5.26 Å². The molecular weight excluding hydrogens is 358 g/mol. The van der Waals surface area contributed by atoms with Crippen LogP contribution in [0.2, 0.25) is 0 Å². The molecule has 0 unspecified atom stereocenters. The number of carbonyl (C=O) groups is 1. The van der Waals surface area contributed by atoms with Crippen molar-refractivity contribution in [3.8, 4) is 6.07 Å². The van der Waals surface area contributed by atoms with Crippen molar-refractivity contribution in [3.63, 3.8) is 0 Å². The van der Waals surface area contributed by atoms with Crippen molar-refractivity contribution >= 4 is 22.2 Å². The van der Waals surface area contributed by atoms with E-state index in [4.69, 9.17) is 10.2 Å². The topological polar surface area (TPSA) is 131 Å². The molecule has 1 fully saturated rings. The van der Waals surface area contributed by atoms with Crippen molar-refractivity contribution in [2.75, 3.05) is 19.7 Å². The Morgan fingerprint density at radius 1 is 1.42 bits per heavy atom. The van der Waals surface area contributed by atoms with E-state index in [0.717, 1.165) is 0 Å². The van der Waals surface area contributed by atoms with Crippen molar-refractivity contribution in [2.24, 2.45) is 0 Å². The third-order valence-electron chi connectivity index (χ3n) is 4.21. The number of aliphatic hydroxyl groups is 1. The predicted molar refractivity (Wildman–Crippen MR) is 94.8 cm³/mol. The number of rotatable bonds is 5. The molecule has 0 spiro atoms. The Kier molecular flexibility index (Phi) is 6.37. The van der Waals surface area contributed by atoms with E-state index in [-0.39, 0.29) is 30.6 Å². The second kappa shape index (κ2) is 8.31. The van der Waals surface area contributed by atoms with E-state index in [2.05, 4.69) is 5.32 Å². The van der Waals surface area contributed by atoms with Crippen LogP contribution >= 0.6 is 0 Å². The molecule has 26 heavy (non-hydrogen) atoms. The minimum atomic E-state index is -3.75. The minimum Gasteiger partial charge on any atom is -0.465 e. The number of sulfonamides is 1. The van der Waals surface area contributed by atoms with Crippen LogP contribution < -0.4 is 5.32 Å². The molecule has 0 radical (unpaired) electrons. The minimum absolute atomic E-state index is 0.0677. The van der Waals surface area contributed by atoms with E-state index < -0.39 is 16.1 Å². The first kappa shape index (κ1) is 19.9. The number of hydrogen-bond acceptors (Lipinski definition) is 5. The van der Waals surface area contributed by atoms with Crippen molar-refractivity contribution in [2.45, 2.75) is 30.7 Å². The zero-order chi connectivity index (χ0) is 19.3. The van der Waals surface area contributed by atoms with Gasteiger partial charge in [-0.25, -0.2) is 13.2 Å². The molecule has 1 saturated heterocycles. The third-order valence-corrected chi connectivity index (χ3v) is 6.11. The molecule has 8 nitrogen and oxygen atoms in total. The fourth-order valence-corrected chi connectivity index (χ4v) is 4.30. The maximum atomic E-state index is 12.9. The van der Waals surface area contributed by atoms with Gasteiger partial charge in [0, 0.05) is 19.1 Å². The fraction of sp³-hybridized carbons (Fsp3) is 0.412. The quantitative estimate of drug-likeness (QED) is 0.708. The van der Waals surface area contributed by atoms with Crippen LogP contribution in [0.3, 0.4) is 0 Å². The third kappa shape index (κ3) is 4.60. The van der Waals surface area contributed by atoms with Gasteiger partial charge in [-0.3, -0.25) is 0 Å². The van der Waals surface area contributed by atoms with Crippen molar-refractivity contribution in [3.05, 3.63) is 34.9 Å². The maximum Gasteiger partial charge on any atom is 0.404 e. The number of nitriles is 1. The van der Waals surface area contributed by atoms with Crippen LogP contribution in [0.1, 0.15) is 30.9 Å². The lowest BCUT2D eigenvalue weighted by Crippen LogP contribution is -2.46. The van der Waals surface area contributed by atoms with Gasteiger partial charge >= 0.3 is 6.09 Å². The van der Waals surface area contributed by atoms with Crippen molar-refractivity contribution in [1.82, 2.24) is 9.62 Å². The Balaban J connectivity index is 2.26. The zero-order valence-electron chi connectivity index (χ0n) is 14.3. The van der Waals surface area contributed by atoms with Gasteiger partial charge in [0.2, 0.25) is 10.0 Å². The van der Waals surface area contributed by atoms with E-state index in [1.807, 2.05) is 6.07 Å². The van der Waals surface area contributed by atoms with Crippen LogP contribution in [0.15, 0.2) is 28.7 Å². The molecule has 0 aliphatic carbocycles. The largest absolute Gasteiger partial charge is 0.465 e. The summed E-state index contributed by atoms with van der Waals surface area (Å²) in [5.74, 6) is 0. The number of piperidine rings is 1. The molecule has 0 bridgehead atoms. The number of amides is 1. The van der Waals surface area contributed by atoms with Gasteiger partial charge in [-0.1, -0.05) is 6.08 Å². The Morgan fingerprint density at radius 3 is 2.62 bits per heavy atom. The van der Waals surface area contributed by atoms with Crippen LogP contribution in [0.25, 0.3) is 6.08 Å². The molecule has 9 heteroatoms. The Morgan fingerprint density at radius 2 is 2.08 bits per heavy atom. The summed E-state index contributed by atoms with van der Waals surface area (Å²) in [6.07, 6.45) is 1.27. The first-order valence-corrected chi connectivity index (χ1v) is 9.53. The van der Waals surface area contributed by atoms with E-state index in [0.29, 0.717) is 29.5 Å². The normalized spacial score (nSPS) is 16.9. The number of hydrogen-bond donors (Lipinski definition) is 3. The number of aliphatic hydroxyl groups excluding tert-OH is 1. The zero-order valence-corrected chi connectivity index (χ0v) is 15.2. The second-order valence-corrected chi connectivity index (χ2v) is 8.08. The molecule has 0 atom stereocenters. The molecule has 0 aromatic heterocycles. The summed E-state index contributed by atoms with van der Waals surface area (Å²) in [7, 11) is -3.75. The SMILES string of the molecule is C/C(=C\c1cc(S(=O)(=O)N2CCC(NC(=O)O)CC2)ccc1C#N)CO. The highest BCUT2D eigenvalue weighted by Gasteiger charge is 2.30. The fourth-order valence-electron chi connectivity index (χ4n) is 2.80. The summed E-state index contributed by atoms with van der Waals surface area (Å²) in [5, 5.41) is 29.5. The summed E-state index contributed by atoms with van der Waals surface area (Å²) in [6.45, 7) is 1.93. The smallest absolute Gasteiger partial charge is 0.404 e. The lowest BCUT2D eigenvalue weighted by atomic mass is 10.1. The van der Waals surface area contributed by atoms with E-state index >= 15 is 0 Å². The average Bonchev–Trinajstić information content (AvgIpc) is 2.61. The van der Waals surface area contributed by atoms with E-state index in [1.165, 1.54) is 22.5 Å². The predicted octanol–water partition coefficient (Wildman–Crippen LogP) is 1.37. The molecule has 1 heterocycles. The summed E-state index contributed by atoms with van der Waals surface area (Å²) in [5.41, 5.74) is 1.36. The monoisotopic (exact) mass is 379 g/mol. The Labute approximate surface area is 152 Å². The Bertz CT molecular complexity index is 850. The molecule has 1 aromatic rings. The van der Waals surface area contributed by atoms with E-state index in [9.17, 15) is 18.5 Å². The van der Waals surface area contributed by atoms with Crippen LogP contribution in [0, 0.1) is 11.3 Å². The molecule has 1 aromatic carbocycles. The van der Waals surface area contributed by atoms with Gasteiger partial charge in [0.1, 0.15) is 0 Å². The Hall–Kier alpha value is -2.41. The summed E-state index contributed by atoms with van der Waals surface area (Å²) < 4.78 is 27.0. The van der Waals surface area contributed by atoms with Crippen LogP contribution in [-0.2, 0) is 10.0 Å². The molecule has 1 amide bonds. The number of carboxylic acid groups (broad SMARTS) is 1. The van der Waals surface area contributed by atoms with Gasteiger partial charge < -0.3 is 15.5 Å². The summed E-state index contributed by atoms with van der Waals surface area (Å²) in [4.78, 5) is 10.8. The van der Waals surface area contributed by atoms with Gasteiger partial charge in [-0.05, 0) is 49.1 Å². The van der Waals surface area contributed by atoms with Gasteiger partial charge in [0.25, 0.3) is 0 Å². The molecule has 1 aliphatic rings. The second-order valence-electron chi connectivity index (χ2n) is 6.14. The molecule has 1 aliphatic heterocycles. The van der Waals surface area contributed by atoms with Gasteiger partial charge in [0.15, 0.2) is 0 Å². The highest BCUT2D eigenvalue weighted by molar-refractivity contribution is 7.89. The summed E-state index contributed by atoms with van der Waals surface area (Å²) in [6, 6.07) is 6.01. The number of nitrogens with one attached hydrogen (secondary N) is 1. The van der Waals surface area contributed by atoms with Crippen LogP contribution in [-0.4, -0.2) is 54.8 Å². The van der Waals surface area contributed by atoms with Crippen LogP contribution in [0.4, 0.5) is 4.79 Å². The first-order chi connectivity index (χ1) is 12.3. The van der Waals surface area contributed by atoms with Gasteiger partial charge in [0.05, 0.1) is 23.1 Å². The molecule has 0 saturated carbocycles. The molecule has 2 rings (SSSR count). The number of benzene rings is 1. The lowest BCUT2D eigenvalue weighted by molar-refractivity contribution is 0.183. The lowest BCUT2D eigenvalue weighted by Gasteiger charge is -2.31. The number of nitrogens with zero attached hydrogens (tertiary/aromatic N) is 2. The molecule has 140 valence electrons. The van der Waals surface area contributed by atoms with Gasteiger partial charge in [-0.2, -0.15) is 9.57 Å². The molecular formula is C17H21N3O5S. The highest BCUT2D eigenvalue weighted by Crippen LogP contribution is 2.24. The molecule has 3 N–H and O–H groups in total.